The molecule has 0 aliphatic rings. The number of nitrogen functional groups attached to an aromatic ring is 1. The molecule has 6 nitrogen and oxygen atoms in total. The Balaban J connectivity index is 2.75. The summed E-state index contributed by atoms with van der Waals surface area (Å²) in [5.74, 6) is 0.977. The van der Waals surface area contributed by atoms with E-state index in [2.05, 4.69) is 9.97 Å². The predicted molar refractivity (Wildman–Crippen MR) is 72.4 cm³/mol. The van der Waals surface area contributed by atoms with Crippen molar-refractivity contribution in [2.24, 2.45) is 0 Å². The number of aromatic nitrogens is 2. The zero-order valence-corrected chi connectivity index (χ0v) is 11.5. The summed E-state index contributed by atoms with van der Waals surface area (Å²) in [6, 6.07) is 1.81. The van der Waals surface area contributed by atoms with E-state index in [4.69, 9.17) is 5.73 Å². The van der Waals surface area contributed by atoms with Crippen LogP contribution in [0.2, 0.25) is 0 Å². The van der Waals surface area contributed by atoms with E-state index in [0.717, 1.165) is 5.69 Å². The maximum atomic E-state index is 12.0. The SMILES string of the molecule is CCN(CC)C(=O)CN(C)c1cc(C)nc(N)n1. The molecule has 0 aliphatic heterocycles. The summed E-state index contributed by atoms with van der Waals surface area (Å²) in [6.45, 7) is 7.50. The average Bonchev–Trinajstić information content (AvgIpc) is 2.29. The highest BCUT2D eigenvalue weighted by atomic mass is 16.2. The van der Waals surface area contributed by atoms with Crippen molar-refractivity contribution in [3.05, 3.63) is 11.8 Å². The number of hydrogen-bond donors (Lipinski definition) is 1. The van der Waals surface area contributed by atoms with Gasteiger partial charge in [0.1, 0.15) is 5.82 Å². The van der Waals surface area contributed by atoms with Crippen LogP contribution in [0.4, 0.5) is 11.8 Å². The number of nitrogens with two attached hydrogens (primary N) is 1. The summed E-state index contributed by atoms with van der Waals surface area (Å²) in [5, 5.41) is 0. The summed E-state index contributed by atoms with van der Waals surface area (Å²) in [6.07, 6.45) is 0. The number of likely N-dealkylation sites (N-methyl/N-ethyl adjacent to an activating group) is 2. The van der Waals surface area contributed by atoms with E-state index in [1.54, 1.807) is 9.80 Å². The monoisotopic (exact) mass is 251 g/mol. The van der Waals surface area contributed by atoms with Crippen LogP contribution in [-0.4, -0.2) is 47.5 Å². The van der Waals surface area contributed by atoms with Gasteiger partial charge in [-0.2, -0.15) is 4.98 Å². The van der Waals surface area contributed by atoms with Crippen LogP contribution in [0.15, 0.2) is 6.07 Å². The molecule has 1 heterocycles. The molecule has 0 fully saturated rings. The minimum atomic E-state index is 0.0809. The fraction of sp³-hybridized carbons (Fsp3) is 0.583. The first-order chi connectivity index (χ1) is 8.47. The van der Waals surface area contributed by atoms with Crippen LogP contribution in [0.25, 0.3) is 0 Å². The van der Waals surface area contributed by atoms with Gasteiger partial charge in [0.2, 0.25) is 11.9 Å². The first-order valence-electron chi connectivity index (χ1n) is 6.08. The summed E-state index contributed by atoms with van der Waals surface area (Å²) in [4.78, 5) is 23.7. The van der Waals surface area contributed by atoms with Gasteiger partial charge in [0, 0.05) is 31.9 Å². The van der Waals surface area contributed by atoms with Crippen molar-refractivity contribution in [3.63, 3.8) is 0 Å². The zero-order chi connectivity index (χ0) is 13.7. The van der Waals surface area contributed by atoms with Gasteiger partial charge in [0.25, 0.3) is 0 Å². The van der Waals surface area contributed by atoms with E-state index >= 15 is 0 Å². The van der Waals surface area contributed by atoms with Gasteiger partial charge in [-0.05, 0) is 20.8 Å². The Morgan fingerprint density at radius 2 is 1.94 bits per heavy atom. The van der Waals surface area contributed by atoms with Crippen LogP contribution in [0.5, 0.6) is 0 Å². The largest absolute Gasteiger partial charge is 0.368 e. The average molecular weight is 251 g/mol. The van der Waals surface area contributed by atoms with E-state index in [1.165, 1.54) is 0 Å². The number of carbonyl (C=O) groups is 1. The number of nitrogens with zero attached hydrogens (tertiary/aromatic N) is 4. The molecule has 1 amide bonds. The lowest BCUT2D eigenvalue weighted by molar-refractivity contribution is -0.129. The molecular weight excluding hydrogens is 230 g/mol. The summed E-state index contributed by atoms with van der Waals surface area (Å²) >= 11 is 0. The van der Waals surface area contributed by atoms with Crippen molar-refractivity contribution in [2.75, 3.05) is 37.3 Å². The molecule has 0 spiro atoms. The van der Waals surface area contributed by atoms with E-state index in [-0.39, 0.29) is 18.4 Å². The number of anilines is 2. The predicted octanol–water partition coefficient (Wildman–Crippen LogP) is 0.672. The van der Waals surface area contributed by atoms with Gasteiger partial charge in [-0.3, -0.25) is 4.79 Å². The minimum absolute atomic E-state index is 0.0809. The van der Waals surface area contributed by atoms with Gasteiger partial charge >= 0.3 is 0 Å². The maximum absolute atomic E-state index is 12.0. The van der Waals surface area contributed by atoms with Gasteiger partial charge in [-0.15, -0.1) is 0 Å². The van der Waals surface area contributed by atoms with Crippen molar-refractivity contribution in [2.45, 2.75) is 20.8 Å². The Bertz CT molecular complexity index is 397. The lowest BCUT2D eigenvalue weighted by Gasteiger charge is -2.23. The van der Waals surface area contributed by atoms with Gasteiger partial charge < -0.3 is 15.5 Å². The number of amides is 1. The molecule has 18 heavy (non-hydrogen) atoms. The highest BCUT2D eigenvalue weighted by molar-refractivity contribution is 5.81. The second-order valence-electron chi connectivity index (χ2n) is 4.15. The Hall–Kier alpha value is -1.85. The molecule has 1 aromatic heterocycles. The van der Waals surface area contributed by atoms with Crippen LogP contribution in [0.3, 0.4) is 0 Å². The number of hydrogen-bond acceptors (Lipinski definition) is 5. The lowest BCUT2D eigenvalue weighted by atomic mass is 10.3. The van der Waals surface area contributed by atoms with Crippen LogP contribution in [-0.2, 0) is 4.79 Å². The molecule has 0 atom stereocenters. The fourth-order valence-electron chi connectivity index (χ4n) is 1.73. The standard InChI is InChI=1S/C12H21N5O/c1-5-17(6-2)11(18)8-16(4)10-7-9(3)14-12(13)15-10/h7H,5-6,8H2,1-4H3,(H2,13,14,15). The molecule has 0 aliphatic carbocycles. The van der Waals surface area contributed by atoms with Crippen molar-refractivity contribution in [3.8, 4) is 0 Å². The Kier molecular flexibility index (Phi) is 4.88. The van der Waals surface area contributed by atoms with Crippen molar-refractivity contribution >= 4 is 17.7 Å². The molecule has 0 radical (unpaired) electrons. The third-order valence-corrected chi connectivity index (χ3v) is 2.74. The van der Waals surface area contributed by atoms with Crippen molar-refractivity contribution in [1.29, 1.82) is 0 Å². The maximum Gasteiger partial charge on any atom is 0.242 e. The third kappa shape index (κ3) is 3.58. The zero-order valence-electron chi connectivity index (χ0n) is 11.5. The molecule has 100 valence electrons. The summed E-state index contributed by atoms with van der Waals surface area (Å²) < 4.78 is 0. The molecule has 0 saturated heterocycles. The Labute approximate surface area is 108 Å². The van der Waals surface area contributed by atoms with Crippen LogP contribution in [0.1, 0.15) is 19.5 Å². The smallest absolute Gasteiger partial charge is 0.242 e. The van der Waals surface area contributed by atoms with E-state index < -0.39 is 0 Å². The molecule has 6 heteroatoms. The quantitative estimate of drug-likeness (QED) is 0.832. The lowest BCUT2D eigenvalue weighted by Crippen LogP contribution is -2.39. The third-order valence-electron chi connectivity index (χ3n) is 2.74. The fourth-order valence-corrected chi connectivity index (χ4v) is 1.73. The molecule has 1 rings (SSSR count). The number of carbonyl (C=O) groups excluding carboxylic acids is 1. The minimum Gasteiger partial charge on any atom is -0.368 e. The summed E-state index contributed by atoms with van der Waals surface area (Å²) in [7, 11) is 1.82. The van der Waals surface area contributed by atoms with E-state index in [1.807, 2.05) is 33.9 Å². The molecular formula is C12H21N5O. The number of aryl methyl sites for hydroxylation is 1. The molecule has 0 saturated carbocycles. The van der Waals surface area contributed by atoms with Crippen molar-refractivity contribution in [1.82, 2.24) is 14.9 Å². The van der Waals surface area contributed by atoms with Gasteiger partial charge in [0.15, 0.2) is 0 Å². The van der Waals surface area contributed by atoms with Crippen LogP contribution >= 0.6 is 0 Å². The van der Waals surface area contributed by atoms with Crippen LogP contribution < -0.4 is 10.6 Å². The topological polar surface area (TPSA) is 75.4 Å². The Morgan fingerprint density at radius 3 is 2.44 bits per heavy atom. The molecule has 2 N–H and O–H groups in total. The van der Waals surface area contributed by atoms with Gasteiger partial charge in [0.05, 0.1) is 6.54 Å². The number of rotatable bonds is 5. The van der Waals surface area contributed by atoms with Gasteiger partial charge in [-0.25, -0.2) is 4.98 Å². The van der Waals surface area contributed by atoms with E-state index in [9.17, 15) is 4.79 Å². The first kappa shape index (κ1) is 14.2. The van der Waals surface area contributed by atoms with Gasteiger partial charge in [-0.1, -0.05) is 0 Å². The van der Waals surface area contributed by atoms with Crippen molar-refractivity contribution < 1.29 is 4.79 Å². The van der Waals surface area contributed by atoms with E-state index in [0.29, 0.717) is 18.9 Å². The second-order valence-corrected chi connectivity index (χ2v) is 4.15. The van der Waals surface area contributed by atoms with Crippen LogP contribution in [0, 0.1) is 6.92 Å². The normalized spacial score (nSPS) is 10.2. The first-order valence-corrected chi connectivity index (χ1v) is 6.08. The molecule has 0 aromatic carbocycles. The molecule has 0 bridgehead atoms. The Morgan fingerprint density at radius 1 is 1.33 bits per heavy atom. The molecule has 0 unspecified atom stereocenters. The highest BCUT2D eigenvalue weighted by Crippen LogP contribution is 2.11. The summed E-state index contributed by atoms with van der Waals surface area (Å²) in [5.41, 5.74) is 6.39. The second kappa shape index (κ2) is 6.18. The highest BCUT2D eigenvalue weighted by Gasteiger charge is 2.14. The molecule has 1 aromatic rings.